The van der Waals surface area contributed by atoms with E-state index in [2.05, 4.69) is 0 Å². The van der Waals surface area contributed by atoms with E-state index in [0.717, 1.165) is 12.1 Å². The Morgan fingerprint density at radius 3 is 1.51 bits per heavy atom. The average molecular weight is 500 g/mol. The van der Waals surface area contributed by atoms with Crippen molar-refractivity contribution in [1.82, 2.24) is 0 Å². The third kappa shape index (κ3) is 3.69. The Kier molecular flexibility index (Phi) is 5.56. The predicted molar refractivity (Wildman–Crippen MR) is 128 cm³/mol. The molecule has 0 radical (unpaired) electrons. The zero-order chi connectivity index (χ0) is 25.7. The van der Waals surface area contributed by atoms with E-state index >= 15 is 13.2 Å². The van der Waals surface area contributed by atoms with Gasteiger partial charge < -0.3 is 9.47 Å². The summed E-state index contributed by atoms with van der Waals surface area (Å²) in [5, 5.41) is 0. The Balaban J connectivity index is 1.53. The fraction of sp³-hybridized carbons (Fsp3) is 0.133. The van der Waals surface area contributed by atoms with Crippen LogP contribution < -0.4 is 0 Å². The van der Waals surface area contributed by atoms with Crippen molar-refractivity contribution in [2.75, 3.05) is 0 Å². The van der Waals surface area contributed by atoms with Gasteiger partial charge in [0.05, 0.1) is 23.0 Å². The maximum Gasteiger partial charge on any atom is 0.338 e. The molecule has 0 heterocycles. The van der Waals surface area contributed by atoms with E-state index in [9.17, 15) is 9.59 Å². The van der Waals surface area contributed by atoms with Crippen LogP contribution in [0.25, 0.3) is 0 Å². The van der Waals surface area contributed by atoms with Gasteiger partial charge in [-0.2, -0.15) is 0 Å². The summed E-state index contributed by atoms with van der Waals surface area (Å²) in [4.78, 5) is 26.3. The maximum atomic E-state index is 15.3. The highest BCUT2D eigenvalue weighted by atomic mass is 19.1. The average Bonchev–Trinajstić information content (AvgIpc) is 2.92. The van der Waals surface area contributed by atoms with Crippen LogP contribution in [-0.4, -0.2) is 24.1 Å². The topological polar surface area (TPSA) is 52.6 Å². The molecular formula is C30H19F3O4. The summed E-state index contributed by atoms with van der Waals surface area (Å²) in [6.45, 7) is 0. The molecule has 4 atom stereocenters. The summed E-state index contributed by atoms with van der Waals surface area (Å²) >= 11 is 0. The molecule has 0 N–H and O–H groups in total. The Labute approximate surface area is 210 Å². The molecule has 0 saturated carbocycles. The van der Waals surface area contributed by atoms with Crippen LogP contribution in [0.5, 0.6) is 0 Å². The summed E-state index contributed by atoms with van der Waals surface area (Å²) < 4.78 is 57.6. The molecule has 0 aromatic heterocycles. The van der Waals surface area contributed by atoms with Crippen LogP contribution in [0.4, 0.5) is 13.2 Å². The van der Waals surface area contributed by atoms with Crippen LogP contribution in [0.2, 0.25) is 0 Å². The van der Waals surface area contributed by atoms with Gasteiger partial charge in [-0.1, -0.05) is 48.5 Å². The molecule has 3 aliphatic rings. The first-order chi connectivity index (χ1) is 18.0. The van der Waals surface area contributed by atoms with E-state index in [1.165, 1.54) is 24.3 Å². The SMILES string of the molecule is O=C(OC1C(OC(=O)c2ccccc2)[C@H]2c3cccc(F)c3[C@H]1c1c(F)ccc(F)c12)c1ccccc1. The Morgan fingerprint density at radius 1 is 0.514 bits per heavy atom. The van der Waals surface area contributed by atoms with Crippen LogP contribution >= 0.6 is 0 Å². The molecule has 4 aromatic carbocycles. The minimum atomic E-state index is -1.31. The summed E-state index contributed by atoms with van der Waals surface area (Å²) in [6, 6.07) is 22.5. The van der Waals surface area contributed by atoms with Gasteiger partial charge in [0.25, 0.3) is 0 Å². The van der Waals surface area contributed by atoms with Crippen molar-refractivity contribution in [2.24, 2.45) is 0 Å². The molecular weight excluding hydrogens is 481 g/mol. The third-order valence-corrected chi connectivity index (χ3v) is 7.02. The van der Waals surface area contributed by atoms with Gasteiger partial charge in [-0.3, -0.25) is 0 Å². The van der Waals surface area contributed by atoms with Gasteiger partial charge in [-0.25, -0.2) is 22.8 Å². The molecule has 37 heavy (non-hydrogen) atoms. The second-order valence-corrected chi connectivity index (χ2v) is 9.03. The third-order valence-electron chi connectivity index (χ3n) is 7.02. The number of halogens is 3. The number of rotatable bonds is 4. The van der Waals surface area contributed by atoms with Gasteiger partial charge in [0.1, 0.15) is 17.5 Å². The van der Waals surface area contributed by atoms with Crippen molar-refractivity contribution in [3.05, 3.63) is 142 Å². The van der Waals surface area contributed by atoms with Gasteiger partial charge >= 0.3 is 11.9 Å². The van der Waals surface area contributed by atoms with Crippen molar-refractivity contribution in [1.29, 1.82) is 0 Å². The largest absolute Gasteiger partial charge is 0.454 e. The Morgan fingerprint density at radius 2 is 0.973 bits per heavy atom. The number of ether oxygens (including phenoxy) is 2. The predicted octanol–water partition coefficient (Wildman–Crippen LogP) is 6.15. The van der Waals surface area contributed by atoms with E-state index in [0.29, 0.717) is 5.56 Å². The van der Waals surface area contributed by atoms with Gasteiger partial charge in [0.15, 0.2) is 12.2 Å². The van der Waals surface area contributed by atoms with Crippen LogP contribution in [0.1, 0.15) is 54.8 Å². The van der Waals surface area contributed by atoms with Crippen molar-refractivity contribution in [3.63, 3.8) is 0 Å². The molecule has 7 heteroatoms. The second kappa shape index (κ2) is 8.92. The number of carbonyl (C=O) groups is 2. The molecule has 7 rings (SSSR count). The van der Waals surface area contributed by atoms with E-state index in [4.69, 9.17) is 9.47 Å². The highest BCUT2D eigenvalue weighted by molar-refractivity contribution is 5.90. The van der Waals surface area contributed by atoms with E-state index in [1.54, 1.807) is 54.6 Å². The van der Waals surface area contributed by atoms with Gasteiger partial charge in [-0.05, 0) is 48.0 Å². The molecule has 3 aliphatic carbocycles. The molecule has 0 saturated heterocycles. The maximum absolute atomic E-state index is 15.3. The summed E-state index contributed by atoms with van der Waals surface area (Å²) in [6.07, 6.45) is -2.54. The highest BCUT2D eigenvalue weighted by Crippen LogP contribution is 2.56. The number of carbonyl (C=O) groups excluding carboxylic acids is 2. The molecule has 0 amide bonds. The Bertz CT molecular complexity index is 1520. The molecule has 184 valence electrons. The van der Waals surface area contributed by atoms with Crippen LogP contribution in [0, 0.1) is 17.5 Å². The molecule has 4 nitrogen and oxygen atoms in total. The lowest BCUT2D eigenvalue weighted by molar-refractivity contribution is -0.0572. The number of hydrogen-bond donors (Lipinski definition) is 0. The quantitative estimate of drug-likeness (QED) is 0.316. The minimum absolute atomic E-state index is 0.0269. The summed E-state index contributed by atoms with van der Waals surface area (Å²) in [7, 11) is 0. The first kappa shape index (κ1) is 23.0. The first-order valence-corrected chi connectivity index (χ1v) is 11.7. The zero-order valence-electron chi connectivity index (χ0n) is 19.2. The Hall–Kier alpha value is -4.39. The van der Waals surface area contributed by atoms with Gasteiger partial charge in [0.2, 0.25) is 0 Å². The number of hydrogen-bond acceptors (Lipinski definition) is 4. The first-order valence-electron chi connectivity index (χ1n) is 11.7. The number of benzene rings is 4. The molecule has 2 unspecified atom stereocenters. The standard InChI is InChI=1S/C30H19F3O4/c31-19-13-7-12-18-22(19)26-25-21(33)15-14-20(32)24(25)23(18)27(36-29(34)16-8-3-1-4-9-16)28(26)37-30(35)17-10-5-2-6-11-17/h1-15,23,26-28H/t23-,26-,27?,28?/m0/s1. The fourth-order valence-electron chi connectivity index (χ4n) is 5.52. The number of esters is 2. The van der Waals surface area contributed by atoms with Crippen molar-refractivity contribution >= 4 is 11.9 Å². The highest BCUT2D eigenvalue weighted by Gasteiger charge is 2.56. The molecule has 0 spiro atoms. The van der Waals surface area contributed by atoms with Crippen LogP contribution in [0.15, 0.2) is 91.0 Å². The lowest BCUT2D eigenvalue weighted by Gasteiger charge is -2.49. The van der Waals surface area contributed by atoms with E-state index in [-0.39, 0.29) is 27.8 Å². The molecule has 4 aromatic rings. The molecule has 2 bridgehead atoms. The fourth-order valence-corrected chi connectivity index (χ4v) is 5.52. The van der Waals surface area contributed by atoms with Crippen LogP contribution in [-0.2, 0) is 9.47 Å². The lowest BCUT2D eigenvalue weighted by Crippen LogP contribution is -2.52. The van der Waals surface area contributed by atoms with Crippen molar-refractivity contribution < 1.29 is 32.2 Å². The van der Waals surface area contributed by atoms with E-state index < -0.39 is 53.4 Å². The van der Waals surface area contributed by atoms with E-state index in [1.807, 2.05) is 0 Å². The van der Waals surface area contributed by atoms with Gasteiger partial charge in [-0.15, -0.1) is 0 Å². The second-order valence-electron chi connectivity index (χ2n) is 9.03. The zero-order valence-corrected chi connectivity index (χ0v) is 19.2. The normalized spacial score (nSPS) is 21.1. The molecule has 0 aliphatic heterocycles. The van der Waals surface area contributed by atoms with Crippen LogP contribution in [0.3, 0.4) is 0 Å². The molecule has 0 fully saturated rings. The van der Waals surface area contributed by atoms with Crippen molar-refractivity contribution in [2.45, 2.75) is 24.0 Å². The smallest absolute Gasteiger partial charge is 0.338 e. The van der Waals surface area contributed by atoms with Gasteiger partial charge in [0, 0.05) is 16.7 Å². The monoisotopic (exact) mass is 500 g/mol. The summed E-state index contributed by atoms with van der Waals surface area (Å²) in [5.74, 6) is -5.92. The number of fused-ring (bicyclic) bond motifs is 1. The van der Waals surface area contributed by atoms with Crippen molar-refractivity contribution in [3.8, 4) is 0 Å². The summed E-state index contributed by atoms with van der Waals surface area (Å²) in [5.41, 5.74) is 0.783. The minimum Gasteiger partial charge on any atom is -0.454 e. The lowest BCUT2D eigenvalue weighted by atomic mass is 9.60.